The number of anilines is 1. The summed E-state index contributed by atoms with van der Waals surface area (Å²) in [7, 11) is 0. The Kier molecular flexibility index (Phi) is 4.70. The van der Waals surface area contributed by atoms with Gasteiger partial charge in [-0.2, -0.15) is 0 Å². The summed E-state index contributed by atoms with van der Waals surface area (Å²) < 4.78 is 10.7. The number of Topliss-reactive ketones (excluding diaryl/α,β-unsaturated/α-hetero) is 1. The van der Waals surface area contributed by atoms with E-state index in [0.29, 0.717) is 11.3 Å². The molecular weight excluding hydrogens is 370 g/mol. The second-order valence-corrected chi connectivity index (χ2v) is 7.47. The number of carbonyl (C=O) groups excluding carboxylic acids is 3. The smallest absolute Gasteiger partial charge is 0.310 e. The van der Waals surface area contributed by atoms with Gasteiger partial charge in [0, 0.05) is 22.2 Å². The van der Waals surface area contributed by atoms with Crippen molar-refractivity contribution in [3.63, 3.8) is 0 Å². The average Bonchev–Trinajstić information content (AvgIpc) is 3.20. The van der Waals surface area contributed by atoms with E-state index in [9.17, 15) is 14.4 Å². The third-order valence-electron chi connectivity index (χ3n) is 5.46. The highest BCUT2D eigenvalue weighted by Gasteiger charge is 2.27. The predicted octanol–water partition coefficient (Wildman–Crippen LogP) is 4.07. The molecule has 148 valence electrons. The Morgan fingerprint density at radius 1 is 1.14 bits per heavy atom. The minimum Gasteiger partial charge on any atom is -0.464 e. The molecule has 0 aliphatic carbocycles. The van der Waals surface area contributed by atoms with Gasteiger partial charge in [0.2, 0.25) is 5.91 Å². The Labute approximate surface area is 167 Å². The van der Waals surface area contributed by atoms with E-state index in [4.69, 9.17) is 9.15 Å². The fourth-order valence-electron chi connectivity index (χ4n) is 3.50. The number of nitrogens with one attached hydrogen (secondary N) is 1. The van der Waals surface area contributed by atoms with Crippen molar-refractivity contribution in [2.24, 2.45) is 0 Å². The van der Waals surface area contributed by atoms with E-state index < -0.39 is 5.97 Å². The van der Waals surface area contributed by atoms with Crippen molar-refractivity contribution >= 4 is 34.3 Å². The molecule has 6 heteroatoms. The number of benzene rings is 2. The maximum absolute atomic E-state index is 12.4. The number of fused-ring (bicyclic) bond motifs is 2. The van der Waals surface area contributed by atoms with Crippen LogP contribution in [0.3, 0.4) is 0 Å². The van der Waals surface area contributed by atoms with Crippen LogP contribution in [0.1, 0.15) is 45.5 Å². The molecule has 0 saturated heterocycles. The van der Waals surface area contributed by atoms with Crippen LogP contribution in [-0.2, 0) is 20.7 Å². The second-order valence-electron chi connectivity index (χ2n) is 7.47. The first-order chi connectivity index (χ1) is 13.8. The molecule has 0 radical (unpaired) electrons. The average molecular weight is 391 g/mol. The van der Waals surface area contributed by atoms with E-state index in [2.05, 4.69) is 5.32 Å². The second kappa shape index (κ2) is 7.20. The summed E-state index contributed by atoms with van der Waals surface area (Å²) in [5.41, 5.74) is 5.60. The Hall–Kier alpha value is -3.41. The highest BCUT2D eigenvalue weighted by Crippen LogP contribution is 2.32. The van der Waals surface area contributed by atoms with Gasteiger partial charge in [0.1, 0.15) is 5.58 Å². The number of ketones is 1. The Balaban J connectivity index is 1.41. The molecule has 3 aromatic rings. The lowest BCUT2D eigenvalue weighted by Gasteiger charge is -2.07. The van der Waals surface area contributed by atoms with Crippen molar-refractivity contribution < 1.29 is 23.5 Å². The van der Waals surface area contributed by atoms with Crippen molar-refractivity contribution in [2.45, 2.75) is 33.1 Å². The summed E-state index contributed by atoms with van der Waals surface area (Å²) in [5, 5.41) is 3.64. The molecule has 0 unspecified atom stereocenters. The molecule has 0 spiro atoms. The van der Waals surface area contributed by atoms with Gasteiger partial charge < -0.3 is 14.5 Å². The molecule has 0 bridgehead atoms. The summed E-state index contributed by atoms with van der Waals surface area (Å²) in [4.78, 5) is 36.4. The monoisotopic (exact) mass is 391 g/mol. The maximum atomic E-state index is 12.4. The first kappa shape index (κ1) is 18.9. The summed E-state index contributed by atoms with van der Waals surface area (Å²) >= 11 is 0. The lowest BCUT2D eigenvalue weighted by molar-refractivity contribution is -0.141. The summed E-state index contributed by atoms with van der Waals surface area (Å²) in [6, 6.07) is 8.94. The SMILES string of the molecule is Cc1cc2occ(CC(=O)OCC(=O)c3ccc4c(c3)[C@@H](C)C(=O)N4)c2cc1C. The van der Waals surface area contributed by atoms with Gasteiger partial charge in [0.15, 0.2) is 12.4 Å². The Morgan fingerprint density at radius 2 is 1.90 bits per heavy atom. The minimum atomic E-state index is -0.495. The topological polar surface area (TPSA) is 85.6 Å². The van der Waals surface area contributed by atoms with E-state index in [1.165, 1.54) is 0 Å². The van der Waals surface area contributed by atoms with Crippen molar-refractivity contribution in [3.05, 3.63) is 64.4 Å². The van der Waals surface area contributed by atoms with Gasteiger partial charge in [0.05, 0.1) is 18.6 Å². The zero-order valence-corrected chi connectivity index (χ0v) is 16.5. The summed E-state index contributed by atoms with van der Waals surface area (Å²) in [6.45, 7) is 5.45. The van der Waals surface area contributed by atoms with Crippen LogP contribution in [0.2, 0.25) is 0 Å². The van der Waals surface area contributed by atoms with E-state index in [0.717, 1.165) is 33.2 Å². The largest absolute Gasteiger partial charge is 0.464 e. The number of hydrogen-bond donors (Lipinski definition) is 1. The molecular formula is C23H21NO5. The van der Waals surface area contributed by atoms with E-state index in [1.807, 2.05) is 26.0 Å². The number of aryl methyl sites for hydroxylation is 2. The van der Waals surface area contributed by atoms with Crippen LogP contribution in [0, 0.1) is 13.8 Å². The van der Waals surface area contributed by atoms with Crippen molar-refractivity contribution in [1.82, 2.24) is 0 Å². The molecule has 0 saturated carbocycles. The number of esters is 1. The molecule has 1 aromatic heterocycles. The van der Waals surface area contributed by atoms with Gasteiger partial charge in [-0.25, -0.2) is 0 Å². The van der Waals surface area contributed by atoms with Gasteiger partial charge in [-0.05, 0) is 67.8 Å². The zero-order chi connectivity index (χ0) is 20.7. The molecule has 2 heterocycles. The number of ether oxygens (including phenoxy) is 1. The maximum Gasteiger partial charge on any atom is 0.310 e. The van der Waals surface area contributed by atoms with Crippen LogP contribution in [0.4, 0.5) is 5.69 Å². The van der Waals surface area contributed by atoms with Crippen LogP contribution < -0.4 is 5.32 Å². The van der Waals surface area contributed by atoms with Gasteiger partial charge in [-0.15, -0.1) is 0 Å². The molecule has 29 heavy (non-hydrogen) atoms. The first-order valence-corrected chi connectivity index (χ1v) is 9.44. The third-order valence-corrected chi connectivity index (χ3v) is 5.46. The molecule has 1 N–H and O–H groups in total. The fraction of sp³-hybridized carbons (Fsp3) is 0.261. The normalized spacial score (nSPS) is 15.3. The molecule has 1 amide bonds. The zero-order valence-electron chi connectivity index (χ0n) is 16.5. The van der Waals surface area contributed by atoms with Crippen LogP contribution in [0.5, 0.6) is 0 Å². The summed E-state index contributed by atoms with van der Waals surface area (Å²) in [6.07, 6.45) is 1.58. The molecule has 0 fully saturated rings. The number of carbonyl (C=O) groups is 3. The van der Waals surface area contributed by atoms with Crippen LogP contribution in [0.25, 0.3) is 11.0 Å². The molecule has 1 aliphatic heterocycles. The highest BCUT2D eigenvalue weighted by molar-refractivity contribution is 6.05. The number of hydrogen-bond acceptors (Lipinski definition) is 5. The van der Waals surface area contributed by atoms with Gasteiger partial charge in [-0.1, -0.05) is 0 Å². The molecule has 1 aliphatic rings. The quantitative estimate of drug-likeness (QED) is 0.523. The van der Waals surface area contributed by atoms with Crippen LogP contribution in [0.15, 0.2) is 41.0 Å². The minimum absolute atomic E-state index is 0.0302. The van der Waals surface area contributed by atoms with Gasteiger partial charge >= 0.3 is 5.97 Å². The van der Waals surface area contributed by atoms with E-state index >= 15 is 0 Å². The Bertz CT molecular complexity index is 1160. The lowest BCUT2D eigenvalue weighted by atomic mass is 9.99. The number of amides is 1. The fourth-order valence-corrected chi connectivity index (χ4v) is 3.50. The van der Waals surface area contributed by atoms with Crippen molar-refractivity contribution in [3.8, 4) is 0 Å². The molecule has 6 nitrogen and oxygen atoms in total. The highest BCUT2D eigenvalue weighted by atomic mass is 16.5. The molecule has 2 aromatic carbocycles. The van der Waals surface area contributed by atoms with E-state index in [1.54, 1.807) is 31.4 Å². The molecule has 4 rings (SSSR count). The lowest BCUT2D eigenvalue weighted by Crippen LogP contribution is -2.15. The van der Waals surface area contributed by atoms with Crippen LogP contribution >= 0.6 is 0 Å². The van der Waals surface area contributed by atoms with Gasteiger partial charge in [-0.3, -0.25) is 14.4 Å². The standard InChI is InChI=1S/C23H21NO5/c1-12-6-18-16(10-28-21(18)7-13(12)2)9-22(26)29-11-20(25)15-4-5-19-17(8-15)14(3)23(27)24-19/h4-8,10,14H,9,11H2,1-3H3,(H,24,27)/t14-/m1/s1. The number of furan rings is 1. The third kappa shape index (κ3) is 3.53. The van der Waals surface area contributed by atoms with E-state index in [-0.39, 0.29) is 30.6 Å². The van der Waals surface area contributed by atoms with Crippen molar-refractivity contribution in [1.29, 1.82) is 0 Å². The Morgan fingerprint density at radius 3 is 2.69 bits per heavy atom. The summed E-state index contributed by atoms with van der Waals surface area (Å²) in [5.74, 6) is -1.20. The first-order valence-electron chi connectivity index (χ1n) is 9.44. The van der Waals surface area contributed by atoms with Crippen LogP contribution in [-0.4, -0.2) is 24.3 Å². The van der Waals surface area contributed by atoms with Gasteiger partial charge in [0.25, 0.3) is 0 Å². The number of rotatable bonds is 5. The predicted molar refractivity (Wildman–Crippen MR) is 108 cm³/mol. The molecule has 1 atom stereocenters. The van der Waals surface area contributed by atoms with Crippen molar-refractivity contribution in [2.75, 3.05) is 11.9 Å².